The summed E-state index contributed by atoms with van der Waals surface area (Å²) in [6.07, 6.45) is 3.67. The molecule has 0 spiro atoms. The SMILES string of the molecule is Cc1c(N)cccc1N(C)Cc1cccnc1. The Morgan fingerprint density at radius 1 is 1.24 bits per heavy atom. The lowest BCUT2D eigenvalue weighted by molar-refractivity contribution is 0.910. The third-order valence-corrected chi connectivity index (χ3v) is 2.90. The normalized spacial score (nSPS) is 10.2. The number of benzene rings is 1. The van der Waals surface area contributed by atoms with Gasteiger partial charge in [0, 0.05) is 37.4 Å². The Labute approximate surface area is 102 Å². The van der Waals surface area contributed by atoms with Crippen molar-refractivity contribution in [2.45, 2.75) is 13.5 Å². The molecule has 0 aliphatic heterocycles. The van der Waals surface area contributed by atoms with E-state index in [0.29, 0.717) is 0 Å². The highest BCUT2D eigenvalue weighted by Gasteiger charge is 2.06. The lowest BCUT2D eigenvalue weighted by Crippen LogP contribution is -2.17. The molecule has 1 aromatic carbocycles. The maximum Gasteiger partial charge on any atom is 0.0441 e. The van der Waals surface area contributed by atoms with E-state index in [-0.39, 0.29) is 0 Å². The fourth-order valence-corrected chi connectivity index (χ4v) is 1.91. The van der Waals surface area contributed by atoms with E-state index in [2.05, 4.69) is 29.1 Å². The van der Waals surface area contributed by atoms with Gasteiger partial charge in [0.05, 0.1) is 0 Å². The van der Waals surface area contributed by atoms with Crippen molar-refractivity contribution in [2.75, 3.05) is 17.7 Å². The number of pyridine rings is 1. The molecule has 2 aromatic rings. The molecule has 0 radical (unpaired) electrons. The Morgan fingerprint density at radius 2 is 2.06 bits per heavy atom. The van der Waals surface area contributed by atoms with Crippen LogP contribution in [0.15, 0.2) is 42.7 Å². The number of nitrogens with two attached hydrogens (primary N) is 1. The van der Waals surface area contributed by atoms with Crippen molar-refractivity contribution >= 4 is 11.4 Å². The van der Waals surface area contributed by atoms with Crippen LogP contribution >= 0.6 is 0 Å². The van der Waals surface area contributed by atoms with Gasteiger partial charge in [-0.05, 0) is 36.2 Å². The second-order valence-corrected chi connectivity index (χ2v) is 4.21. The highest BCUT2D eigenvalue weighted by molar-refractivity contribution is 5.63. The fraction of sp³-hybridized carbons (Fsp3) is 0.214. The van der Waals surface area contributed by atoms with Gasteiger partial charge in [0.15, 0.2) is 0 Å². The standard InChI is InChI=1S/C14H17N3/c1-11-13(15)6-3-7-14(11)17(2)10-12-5-4-8-16-9-12/h3-9H,10,15H2,1-2H3. The van der Waals surface area contributed by atoms with Crippen molar-refractivity contribution in [1.82, 2.24) is 4.98 Å². The van der Waals surface area contributed by atoms with Gasteiger partial charge in [-0.15, -0.1) is 0 Å². The minimum atomic E-state index is 0.831. The zero-order chi connectivity index (χ0) is 12.3. The summed E-state index contributed by atoms with van der Waals surface area (Å²) in [6, 6.07) is 10.0. The zero-order valence-electron chi connectivity index (χ0n) is 10.2. The van der Waals surface area contributed by atoms with Crippen molar-refractivity contribution < 1.29 is 0 Å². The van der Waals surface area contributed by atoms with Crippen LogP contribution in [0.5, 0.6) is 0 Å². The van der Waals surface area contributed by atoms with Crippen LogP contribution in [0.1, 0.15) is 11.1 Å². The molecular formula is C14H17N3. The molecule has 0 amide bonds. The van der Waals surface area contributed by atoms with Gasteiger partial charge >= 0.3 is 0 Å². The smallest absolute Gasteiger partial charge is 0.0441 e. The number of aromatic nitrogens is 1. The number of anilines is 2. The van der Waals surface area contributed by atoms with Crippen LogP contribution in [0.4, 0.5) is 11.4 Å². The predicted octanol–water partition coefficient (Wildman–Crippen LogP) is 2.61. The van der Waals surface area contributed by atoms with Gasteiger partial charge in [0.1, 0.15) is 0 Å². The molecule has 0 bridgehead atoms. The van der Waals surface area contributed by atoms with Crippen LogP contribution in [-0.2, 0) is 6.54 Å². The molecule has 0 saturated carbocycles. The number of hydrogen-bond acceptors (Lipinski definition) is 3. The van der Waals surface area contributed by atoms with Gasteiger partial charge in [-0.25, -0.2) is 0 Å². The van der Waals surface area contributed by atoms with Crippen molar-refractivity contribution in [2.24, 2.45) is 0 Å². The molecule has 0 aliphatic rings. The molecule has 1 heterocycles. The molecule has 0 fully saturated rings. The third kappa shape index (κ3) is 2.56. The van der Waals surface area contributed by atoms with Crippen LogP contribution < -0.4 is 10.6 Å². The monoisotopic (exact) mass is 227 g/mol. The fourth-order valence-electron chi connectivity index (χ4n) is 1.91. The van der Waals surface area contributed by atoms with Crippen LogP contribution in [0.3, 0.4) is 0 Å². The van der Waals surface area contributed by atoms with Gasteiger partial charge in [0.25, 0.3) is 0 Å². The molecule has 2 rings (SSSR count). The Kier molecular flexibility index (Phi) is 3.28. The summed E-state index contributed by atoms with van der Waals surface area (Å²) >= 11 is 0. The quantitative estimate of drug-likeness (QED) is 0.819. The molecule has 3 heteroatoms. The van der Waals surface area contributed by atoms with E-state index in [9.17, 15) is 0 Å². The first kappa shape index (κ1) is 11.5. The van der Waals surface area contributed by atoms with E-state index < -0.39 is 0 Å². The molecule has 2 N–H and O–H groups in total. The molecule has 1 aromatic heterocycles. The molecule has 0 aliphatic carbocycles. The first-order chi connectivity index (χ1) is 8.18. The summed E-state index contributed by atoms with van der Waals surface area (Å²) < 4.78 is 0. The Balaban J connectivity index is 2.20. The second kappa shape index (κ2) is 4.87. The van der Waals surface area contributed by atoms with Crippen molar-refractivity contribution in [3.8, 4) is 0 Å². The largest absolute Gasteiger partial charge is 0.398 e. The molecule has 88 valence electrons. The Hall–Kier alpha value is -2.03. The molecular weight excluding hydrogens is 210 g/mol. The average Bonchev–Trinajstić information content (AvgIpc) is 2.34. The third-order valence-electron chi connectivity index (χ3n) is 2.90. The van der Waals surface area contributed by atoms with E-state index in [0.717, 1.165) is 23.5 Å². The van der Waals surface area contributed by atoms with E-state index >= 15 is 0 Å². The number of rotatable bonds is 3. The molecule has 0 saturated heterocycles. The van der Waals surface area contributed by atoms with Crippen LogP contribution in [0.2, 0.25) is 0 Å². The lowest BCUT2D eigenvalue weighted by Gasteiger charge is -2.22. The maximum atomic E-state index is 5.91. The number of nitrogens with zero attached hydrogens (tertiary/aromatic N) is 2. The van der Waals surface area contributed by atoms with Crippen LogP contribution in [0.25, 0.3) is 0 Å². The Bertz CT molecular complexity index is 494. The summed E-state index contributed by atoms with van der Waals surface area (Å²) in [4.78, 5) is 6.30. The topological polar surface area (TPSA) is 42.1 Å². The van der Waals surface area contributed by atoms with Gasteiger partial charge in [-0.2, -0.15) is 0 Å². The second-order valence-electron chi connectivity index (χ2n) is 4.21. The Morgan fingerprint density at radius 3 is 2.76 bits per heavy atom. The van der Waals surface area contributed by atoms with Crippen LogP contribution in [-0.4, -0.2) is 12.0 Å². The summed E-state index contributed by atoms with van der Waals surface area (Å²) in [6.45, 7) is 2.88. The summed E-state index contributed by atoms with van der Waals surface area (Å²) in [7, 11) is 2.06. The van der Waals surface area contributed by atoms with Crippen LogP contribution in [0, 0.1) is 6.92 Å². The van der Waals surface area contributed by atoms with E-state index in [1.807, 2.05) is 31.3 Å². The summed E-state index contributed by atoms with van der Waals surface area (Å²) in [5, 5.41) is 0. The van der Waals surface area contributed by atoms with E-state index in [1.165, 1.54) is 5.56 Å². The molecule has 3 nitrogen and oxygen atoms in total. The summed E-state index contributed by atoms with van der Waals surface area (Å²) in [5.41, 5.74) is 10.2. The molecule has 0 unspecified atom stereocenters. The minimum absolute atomic E-state index is 0.831. The zero-order valence-corrected chi connectivity index (χ0v) is 10.2. The van der Waals surface area contributed by atoms with Gasteiger partial charge < -0.3 is 10.6 Å². The van der Waals surface area contributed by atoms with Crippen molar-refractivity contribution in [3.05, 3.63) is 53.9 Å². The highest BCUT2D eigenvalue weighted by Crippen LogP contribution is 2.24. The highest BCUT2D eigenvalue weighted by atomic mass is 15.1. The average molecular weight is 227 g/mol. The predicted molar refractivity (Wildman–Crippen MR) is 71.9 cm³/mol. The van der Waals surface area contributed by atoms with Gasteiger partial charge in [-0.3, -0.25) is 4.98 Å². The first-order valence-electron chi connectivity index (χ1n) is 5.63. The van der Waals surface area contributed by atoms with Gasteiger partial charge in [0.2, 0.25) is 0 Å². The molecule has 17 heavy (non-hydrogen) atoms. The van der Waals surface area contributed by atoms with Crippen molar-refractivity contribution in [1.29, 1.82) is 0 Å². The maximum absolute atomic E-state index is 5.91. The minimum Gasteiger partial charge on any atom is -0.398 e. The van der Waals surface area contributed by atoms with E-state index in [4.69, 9.17) is 5.73 Å². The van der Waals surface area contributed by atoms with E-state index in [1.54, 1.807) is 6.20 Å². The lowest BCUT2D eigenvalue weighted by atomic mass is 10.1. The van der Waals surface area contributed by atoms with Gasteiger partial charge in [-0.1, -0.05) is 12.1 Å². The number of hydrogen-bond donors (Lipinski definition) is 1. The molecule has 0 atom stereocenters. The van der Waals surface area contributed by atoms with Crippen molar-refractivity contribution in [3.63, 3.8) is 0 Å². The first-order valence-corrected chi connectivity index (χ1v) is 5.63. The number of nitrogen functional groups attached to an aromatic ring is 1. The summed E-state index contributed by atoms with van der Waals surface area (Å²) in [5.74, 6) is 0.